The number of aliphatic imine (C=N–C) groups is 1. The molecular formula is C19H30IN3O2. The molecule has 0 saturated heterocycles. The van der Waals surface area contributed by atoms with Gasteiger partial charge in [-0.1, -0.05) is 25.1 Å². The van der Waals surface area contributed by atoms with Gasteiger partial charge in [-0.2, -0.15) is 0 Å². The molecule has 2 aliphatic rings. The molecule has 0 bridgehead atoms. The van der Waals surface area contributed by atoms with Gasteiger partial charge in [0.2, 0.25) is 0 Å². The molecule has 1 aromatic carbocycles. The Morgan fingerprint density at radius 1 is 1.32 bits per heavy atom. The summed E-state index contributed by atoms with van der Waals surface area (Å²) in [6.07, 6.45) is 5.40. The number of guanidine groups is 1. The Kier molecular flexibility index (Phi) is 7.37. The van der Waals surface area contributed by atoms with E-state index in [1.54, 1.807) is 7.11 Å². The number of benzene rings is 1. The number of fused-ring (bicyclic) bond motifs is 1. The quantitative estimate of drug-likeness (QED) is 0.410. The first kappa shape index (κ1) is 20.3. The van der Waals surface area contributed by atoms with Crippen LogP contribution in [0.4, 0.5) is 0 Å². The Morgan fingerprint density at radius 2 is 2.04 bits per heavy atom. The highest BCUT2D eigenvalue weighted by molar-refractivity contribution is 14.0. The second-order valence-corrected chi connectivity index (χ2v) is 7.14. The first-order chi connectivity index (χ1) is 11.6. The SMILES string of the molecule is COC1(CN=C(N)NC2CCOc3ccccc32)CCC(C)CC1.I. The topological polar surface area (TPSA) is 68.9 Å². The lowest BCUT2D eigenvalue weighted by atomic mass is 9.79. The Balaban J connectivity index is 0.00000225. The van der Waals surface area contributed by atoms with Crippen LogP contribution in [0.25, 0.3) is 0 Å². The number of halogens is 1. The van der Waals surface area contributed by atoms with Crippen molar-refractivity contribution >= 4 is 29.9 Å². The molecule has 0 aromatic heterocycles. The van der Waals surface area contributed by atoms with Gasteiger partial charge in [-0.3, -0.25) is 4.99 Å². The molecule has 1 aliphatic heterocycles. The fraction of sp³-hybridized carbons (Fsp3) is 0.632. The lowest BCUT2D eigenvalue weighted by Gasteiger charge is -2.37. The minimum absolute atomic E-state index is 0. The van der Waals surface area contributed by atoms with Gasteiger partial charge in [-0.15, -0.1) is 24.0 Å². The molecular weight excluding hydrogens is 429 g/mol. The molecule has 1 unspecified atom stereocenters. The van der Waals surface area contributed by atoms with Crippen molar-refractivity contribution in [2.75, 3.05) is 20.3 Å². The van der Waals surface area contributed by atoms with Crippen LogP contribution in [0.5, 0.6) is 5.75 Å². The third-order valence-electron chi connectivity index (χ3n) is 5.44. The first-order valence-electron chi connectivity index (χ1n) is 8.95. The van der Waals surface area contributed by atoms with Gasteiger partial charge in [0.25, 0.3) is 0 Å². The Morgan fingerprint density at radius 3 is 2.76 bits per heavy atom. The van der Waals surface area contributed by atoms with Crippen molar-refractivity contribution in [2.45, 2.75) is 50.7 Å². The molecule has 5 nitrogen and oxygen atoms in total. The average molecular weight is 459 g/mol. The summed E-state index contributed by atoms with van der Waals surface area (Å²) in [7, 11) is 1.80. The van der Waals surface area contributed by atoms with Crippen molar-refractivity contribution in [3.63, 3.8) is 0 Å². The van der Waals surface area contributed by atoms with E-state index in [9.17, 15) is 0 Å². The molecule has 3 rings (SSSR count). The number of ether oxygens (including phenoxy) is 2. The van der Waals surface area contributed by atoms with Crippen LogP contribution in [0.1, 0.15) is 50.6 Å². The summed E-state index contributed by atoms with van der Waals surface area (Å²) in [5.74, 6) is 2.21. The third-order valence-corrected chi connectivity index (χ3v) is 5.44. The van der Waals surface area contributed by atoms with Crippen LogP contribution in [0.3, 0.4) is 0 Å². The van der Waals surface area contributed by atoms with Crippen LogP contribution in [0.15, 0.2) is 29.3 Å². The van der Waals surface area contributed by atoms with Gasteiger partial charge in [0.15, 0.2) is 5.96 Å². The fourth-order valence-electron chi connectivity index (χ4n) is 3.66. The van der Waals surface area contributed by atoms with Gasteiger partial charge >= 0.3 is 0 Å². The largest absolute Gasteiger partial charge is 0.493 e. The number of rotatable bonds is 4. The summed E-state index contributed by atoms with van der Waals surface area (Å²) in [6.45, 7) is 3.63. The summed E-state index contributed by atoms with van der Waals surface area (Å²) in [5, 5.41) is 3.36. The fourth-order valence-corrected chi connectivity index (χ4v) is 3.66. The van der Waals surface area contributed by atoms with E-state index in [-0.39, 0.29) is 35.6 Å². The summed E-state index contributed by atoms with van der Waals surface area (Å²) < 4.78 is 11.5. The van der Waals surface area contributed by atoms with E-state index < -0.39 is 0 Å². The van der Waals surface area contributed by atoms with Crippen molar-refractivity contribution in [3.8, 4) is 5.75 Å². The van der Waals surface area contributed by atoms with Crippen molar-refractivity contribution in [1.82, 2.24) is 5.32 Å². The van der Waals surface area contributed by atoms with Crippen molar-refractivity contribution in [1.29, 1.82) is 0 Å². The molecule has 6 heteroatoms. The van der Waals surface area contributed by atoms with Crippen LogP contribution < -0.4 is 15.8 Å². The zero-order valence-corrected chi connectivity index (χ0v) is 17.5. The van der Waals surface area contributed by atoms with E-state index >= 15 is 0 Å². The molecule has 1 aromatic rings. The standard InChI is InChI=1S/C19H29N3O2.HI/c1-14-7-10-19(23-2,11-8-14)13-21-18(20)22-16-9-12-24-17-6-4-3-5-15(16)17;/h3-6,14,16H,7-13H2,1-2H3,(H3,20,21,22);1H. The molecule has 1 fully saturated rings. The number of nitrogens with zero attached hydrogens (tertiary/aromatic N) is 1. The highest BCUT2D eigenvalue weighted by Gasteiger charge is 2.34. The van der Waals surface area contributed by atoms with Gasteiger partial charge in [-0.05, 0) is 37.7 Å². The van der Waals surface area contributed by atoms with Crippen molar-refractivity contribution in [3.05, 3.63) is 29.8 Å². The second kappa shape index (κ2) is 9.07. The van der Waals surface area contributed by atoms with E-state index in [0.717, 1.165) is 36.5 Å². The Hall–Kier alpha value is -1.02. The summed E-state index contributed by atoms with van der Waals surface area (Å²) in [4.78, 5) is 4.60. The molecule has 1 aliphatic carbocycles. The monoisotopic (exact) mass is 459 g/mol. The average Bonchev–Trinajstić information content (AvgIpc) is 2.62. The van der Waals surface area contributed by atoms with Gasteiger partial charge < -0.3 is 20.5 Å². The van der Waals surface area contributed by atoms with Crippen molar-refractivity contribution < 1.29 is 9.47 Å². The smallest absolute Gasteiger partial charge is 0.189 e. The summed E-state index contributed by atoms with van der Waals surface area (Å²) in [6, 6.07) is 8.26. The van der Waals surface area contributed by atoms with Gasteiger partial charge in [0.05, 0.1) is 24.8 Å². The minimum atomic E-state index is -0.146. The predicted octanol–water partition coefficient (Wildman–Crippen LogP) is 3.63. The maximum atomic E-state index is 6.16. The Bertz CT molecular complexity index is 586. The summed E-state index contributed by atoms with van der Waals surface area (Å²) >= 11 is 0. The number of nitrogens with two attached hydrogens (primary N) is 1. The highest BCUT2D eigenvalue weighted by Crippen LogP contribution is 2.35. The van der Waals surface area contributed by atoms with Crippen LogP contribution in [-0.2, 0) is 4.74 Å². The molecule has 25 heavy (non-hydrogen) atoms. The van der Waals surface area contributed by atoms with E-state index in [0.29, 0.717) is 19.1 Å². The molecule has 1 heterocycles. The minimum Gasteiger partial charge on any atom is -0.493 e. The van der Waals surface area contributed by atoms with Gasteiger partial charge in [0.1, 0.15) is 5.75 Å². The number of para-hydroxylation sites is 1. The number of hydrogen-bond acceptors (Lipinski definition) is 3. The van der Waals surface area contributed by atoms with Gasteiger partial charge in [0, 0.05) is 19.1 Å². The second-order valence-electron chi connectivity index (χ2n) is 7.14. The lowest BCUT2D eigenvalue weighted by Crippen LogP contribution is -2.42. The predicted molar refractivity (Wildman–Crippen MR) is 112 cm³/mol. The normalized spacial score (nSPS) is 29.1. The maximum Gasteiger partial charge on any atom is 0.189 e. The number of hydrogen-bond donors (Lipinski definition) is 2. The number of methoxy groups -OCH3 is 1. The molecule has 0 radical (unpaired) electrons. The molecule has 0 amide bonds. The zero-order chi connectivity index (χ0) is 17.0. The third kappa shape index (κ3) is 5.00. The van der Waals surface area contributed by atoms with Gasteiger partial charge in [-0.25, -0.2) is 0 Å². The molecule has 0 spiro atoms. The van der Waals surface area contributed by atoms with Crippen LogP contribution >= 0.6 is 24.0 Å². The van der Waals surface area contributed by atoms with Crippen LogP contribution in [0.2, 0.25) is 0 Å². The molecule has 1 saturated carbocycles. The van der Waals surface area contributed by atoms with E-state index in [4.69, 9.17) is 15.2 Å². The molecule has 1 atom stereocenters. The van der Waals surface area contributed by atoms with E-state index in [1.807, 2.05) is 18.2 Å². The van der Waals surface area contributed by atoms with E-state index in [2.05, 4.69) is 23.3 Å². The van der Waals surface area contributed by atoms with Crippen LogP contribution in [0, 0.1) is 5.92 Å². The first-order valence-corrected chi connectivity index (χ1v) is 8.95. The Labute approximate surface area is 167 Å². The summed E-state index contributed by atoms with van der Waals surface area (Å²) in [5.41, 5.74) is 7.16. The van der Waals surface area contributed by atoms with Crippen LogP contribution in [-0.4, -0.2) is 31.8 Å². The van der Waals surface area contributed by atoms with Crippen molar-refractivity contribution in [2.24, 2.45) is 16.6 Å². The molecule has 140 valence electrons. The lowest BCUT2D eigenvalue weighted by molar-refractivity contribution is -0.0394. The highest BCUT2D eigenvalue weighted by atomic mass is 127. The maximum absolute atomic E-state index is 6.16. The van der Waals surface area contributed by atoms with E-state index in [1.165, 1.54) is 12.8 Å². The molecule has 3 N–H and O–H groups in total. The number of nitrogens with one attached hydrogen (secondary N) is 1. The zero-order valence-electron chi connectivity index (χ0n) is 15.2.